The lowest BCUT2D eigenvalue weighted by atomic mass is 9.40. The number of nitrogens with zero attached hydrogens (tertiary/aromatic N) is 1. The highest BCUT2D eigenvalue weighted by molar-refractivity contribution is 5.92. The average Bonchev–Trinajstić information content (AvgIpc) is 2.83. The Hall–Kier alpha value is -1.52. The summed E-state index contributed by atoms with van der Waals surface area (Å²) in [6.45, 7) is 15.7. The van der Waals surface area contributed by atoms with E-state index in [0.717, 1.165) is 25.9 Å². The summed E-state index contributed by atoms with van der Waals surface area (Å²) in [4.78, 5) is 29.1. The largest absolute Gasteiger partial charge is 0.443 e. The van der Waals surface area contributed by atoms with Crippen LogP contribution in [0.5, 0.6) is 0 Å². The van der Waals surface area contributed by atoms with Gasteiger partial charge in [0.1, 0.15) is 17.8 Å². The Kier molecular flexibility index (Phi) is 7.38. The zero-order valence-corrected chi connectivity index (χ0v) is 23.1. The fraction of sp³-hybridized carbons (Fsp3) is 0.857. The molecule has 0 aromatic heterocycles. The Morgan fingerprint density at radius 1 is 1.19 bits per heavy atom. The number of rotatable bonds is 5. The number of aliphatic hydroxyl groups is 3. The van der Waals surface area contributed by atoms with Gasteiger partial charge in [0.05, 0.1) is 11.7 Å². The molecule has 2 aliphatic carbocycles. The average molecular weight is 523 g/mol. The number of amides is 1. The van der Waals surface area contributed by atoms with E-state index in [4.69, 9.17) is 9.47 Å². The third-order valence-corrected chi connectivity index (χ3v) is 10.1. The summed E-state index contributed by atoms with van der Waals surface area (Å²) in [7, 11) is 0. The van der Waals surface area contributed by atoms with Gasteiger partial charge >= 0.3 is 6.09 Å². The van der Waals surface area contributed by atoms with E-state index in [0.29, 0.717) is 25.9 Å². The van der Waals surface area contributed by atoms with Gasteiger partial charge in [-0.25, -0.2) is 4.79 Å². The van der Waals surface area contributed by atoms with Crippen LogP contribution in [0.1, 0.15) is 73.1 Å². The van der Waals surface area contributed by atoms with Crippen molar-refractivity contribution in [1.82, 2.24) is 10.2 Å². The van der Waals surface area contributed by atoms with Gasteiger partial charge in [0.15, 0.2) is 11.4 Å². The van der Waals surface area contributed by atoms with Gasteiger partial charge in [-0.2, -0.15) is 0 Å². The summed E-state index contributed by atoms with van der Waals surface area (Å²) >= 11 is 0. The van der Waals surface area contributed by atoms with Crippen LogP contribution in [0.4, 0.5) is 4.79 Å². The minimum absolute atomic E-state index is 0.146. The van der Waals surface area contributed by atoms with Crippen molar-refractivity contribution in [2.75, 3.05) is 26.2 Å². The van der Waals surface area contributed by atoms with E-state index in [2.05, 4.69) is 16.8 Å². The first kappa shape index (κ1) is 28.5. The predicted molar refractivity (Wildman–Crippen MR) is 138 cm³/mol. The number of piperidine rings is 1. The van der Waals surface area contributed by atoms with Gasteiger partial charge in [-0.1, -0.05) is 33.3 Å². The maximum atomic E-state index is 13.8. The van der Waals surface area contributed by atoms with Gasteiger partial charge in [-0.15, -0.1) is 6.58 Å². The van der Waals surface area contributed by atoms with Crippen molar-refractivity contribution in [2.24, 2.45) is 16.7 Å². The highest BCUT2D eigenvalue weighted by Gasteiger charge is 2.81. The fourth-order valence-corrected chi connectivity index (χ4v) is 8.07. The van der Waals surface area contributed by atoms with E-state index in [9.17, 15) is 24.9 Å². The standard InChI is InChI=1S/C28H46N2O7/c1-7-25(4)17-19(32)28(35)26(5)18(31)11-12-24(2,3)21(26)20(22(33)27(28,6)37-25)36-23(34)29-13-16-30-14-9-8-10-15-30/h7,18,20-22,31,33,35H,1,8-17H2,2-6H3,(H,29,34)/t18-,20-,21-,22-,25-,26-,27+,28-/m0/s1. The molecular weight excluding hydrogens is 476 g/mol. The number of nitrogens with one attached hydrogen (secondary N) is 1. The second-order valence-corrected chi connectivity index (χ2v) is 13.0. The molecule has 37 heavy (non-hydrogen) atoms. The number of Topliss-reactive ketones (excluding diaryl/α,β-unsaturated/α-hetero) is 1. The van der Waals surface area contributed by atoms with Crippen LogP contribution < -0.4 is 5.32 Å². The minimum Gasteiger partial charge on any atom is -0.443 e. The van der Waals surface area contributed by atoms with Crippen LogP contribution in [0, 0.1) is 16.7 Å². The summed E-state index contributed by atoms with van der Waals surface area (Å²) in [6.07, 6.45) is 1.40. The molecule has 2 heterocycles. The van der Waals surface area contributed by atoms with Crippen molar-refractivity contribution >= 4 is 11.9 Å². The number of hydrogen-bond donors (Lipinski definition) is 4. The maximum absolute atomic E-state index is 13.8. The van der Waals surface area contributed by atoms with Crippen LogP contribution in [0.15, 0.2) is 12.7 Å². The molecule has 210 valence electrons. The monoisotopic (exact) mass is 522 g/mol. The summed E-state index contributed by atoms with van der Waals surface area (Å²) in [5, 5.41) is 38.4. The van der Waals surface area contributed by atoms with E-state index >= 15 is 0 Å². The van der Waals surface area contributed by atoms with Crippen molar-refractivity contribution in [3.05, 3.63) is 12.7 Å². The Balaban J connectivity index is 1.68. The van der Waals surface area contributed by atoms with E-state index in [1.54, 1.807) is 13.8 Å². The van der Waals surface area contributed by atoms with Crippen LogP contribution in [-0.4, -0.2) is 93.4 Å². The lowest BCUT2D eigenvalue weighted by Crippen LogP contribution is -2.86. The van der Waals surface area contributed by atoms with Crippen molar-refractivity contribution in [2.45, 2.75) is 108 Å². The van der Waals surface area contributed by atoms with Gasteiger partial charge in [0, 0.05) is 30.8 Å². The first-order valence-corrected chi connectivity index (χ1v) is 13.8. The number of likely N-dealkylation sites (tertiary alicyclic amines) is 1. The molecule has 4 aliphatic rings. The van der Waals surface area contributed by atoms with Crippen LogP contribution in [0.2, 0.25) is 0 Å². The molecule has 0 unspecified atom stereocenters. The number of fused-ring (bicyclic) bond motifs is 3. The predicted octanol–water partition coefficient (Wildman–Crippen LogP) is 2.17. The maximum Gasteiger partial charge on any atom is 0.407 e. The number of carbonyl (C=O) groups excluding carboxylic acids is 2. The highest BCUT2D eigenvalue weighted by atomic mass is 16.6. The number of ketones is 1. The van der Waals surface area contributed by atoms with Gasteiger partial charge in [-0.05, 0) is 58.0 Å². The molecule has 1 amide bonds. The second-order valence-electron chi connectivity index (χ2n) is 13.0. The number of hydrogen-bond acceptors (Lipinski definition) is 8. The van der Waals surface area contributed by atoms with Crippen molar-refractivity contribution < 1.29 is 34.4 Å². The molecule has 4 N–H and O–H groups in total. The van der Waals surface area contributed by atoms with Gasteiger partial charge in [-0.3, -0.25) is 4.79 Å². The van der Waals surface area contributed by atoms with Gasteiger partial charge in [0.2, 0.25) is 0 Å². The Morgan fingerprint density at radius 2 is 1.84 bits per heavy atom. The molecule has 2 saturated carbocycles. The highest BCUT2D eigenvalue weighted by Crippen LogP contribution is 2.67. The Morgan fingerprint density at radius 3 is 2.46 bits per heavy atom. The molecule has 0 aromatic carbocycles. The summed E-state index contributed by atoms with van der Waals surface area (Å²) in [6, 6.07) is 0. The molecule has 2 saturated heterocycles. The molecule has 2 aliphatic heterocycles. The third-order valence-electron chi connectivity index (χ3n) is 10.1. The van der Waals surface area contributed by atoms with Crippen LogP contribution in [0.25, 0.3) is 0 Å². The lowest BCUT2D eigenvalue weighted by Gasteiger charge is -2.71. The molecule has 0 aromatic rings. The molecule has 8 atom stereocenters. The van der Waals surface area contributed by atoms with E-state index in [1.807, 2.05) is 13.8 Å². The molecular formula is C28H46N2O7. The lowest BCUT2D eigenvalue weighted by molar-refractivity contribution is -0.369. The number of carbonyl (C=O) groups is 2. The first-order valence-electron chi connectivity index (χ1n) is 13.8. The van der Waals surface area contributed by atoms with E-state index < -0.39 is 63.7 Å². The number of alkyl carbamates (subject to hydrolysis) is 1. The summed E-state index contributed by atoms with van der Waals surface area (Å²) in [5.41, 5.74) is -7.22. The smallest absolute Gasteiger partial charge is 0.407 e. The molecule has 0 bridgehead atoms. The quantitative estimate of drug-likeness (QED) is 0.405. The Bertz CT molecular complexity index is 920. The van der Waals surface area contributed by atoms with Crippen LogP contribution in [-0.2, 0) is 14.3 Å². The van der Waals surface area contributed by atoms with E-state index in [1.165, 1.54) is 19.4 Å². The topological polar surface area (TPSA) is 129 Å². The molecule has 0 spiro atoms. The SMILES string of the molecule is C=C[C@@]1(C)CC(=O)[C@]2(O)[C@@]3(C)[C@@H](O)CCC(C)(C)[C@@H]3[C@H](OC(=O)NCCN3CCCCC3)[C@H](O)[C@@]2(C)O1. The van der Waals surface area contributed by atoms with Crippen molar-refractivity contribution in [1.29, 1.82) is 0 Å². The second kappa shape index (κ2) is 9.59. The number of ether oxygens (including phenoxy) is 2. The Labute approximate surface area is 220 Å². The van der Waals surface area contributed by atoms with Crippen molar-refractivity contribution in [3.63, 3.8) is 0 Å². The van der Waals surface area contributed by atoms with Gasteiger partial charge in [0.25, 0.3) is 0 Å². The molecule has 4 rings (SSSR count). The summed E-state index contributed by atoms with van der Waals surface area (Å²) < 4.78 is 12.3. The minimum atomic E-state index is -2.21. The normalized spacial score (nSPS) is 45.9. The van der Waals surface area contributed by atoms with Crippen LogP contribution in [0.3, 0.4) is 0 Å². The van der Waals surface area contributed by atoms with Gasteiger partial charge < -0.3 is 35.0 Å². The zero-order valence-electron chi connectivity index (χ0n) is 23.1. The molecule has 0 radical (unpaired) electrons. The van der Waals surface area contributed by atoms with Crippen LogP contribution >= 0.6 is 0 Å². The third kappa shape index (κ3) is 4.25. The zero-order chi connectivity index (χ0) is 27.4. The molecule has 9 nitrogen and oxygen atoms in total. The number of aliphatic hydroxyl groups excluding tert-OH is 2. The summed E-state index contributed by atoms with van der Waals surface area (Å²) in [5.74, 6) is -1.23. The molecule has 4 fully saturated rings. The van der Waals surface area contributed by atoms with Crippen molar-refractivity contribution in [3.8, 4) is 0 Å². The molecule has 9 heteroatoms. The fourth-order valence-electron chi connectivity index (χ4n) is 8.07. The van der Waals surface area contributed by atoms with E-state index in [-0.39, 0.29) is 6.42 Å². The first-order chi connectivity index (χ1) is 17.2.